The summed E-state index contributed by atoms with van der Waals surface area (Å²) in [4.78, 5) is 16.3. The van der Waals surface area contributed by atoms with Crippen molar-refractivity contribution in [3.05, 3.63) is 0 Å². The van der Waals surface area contributed by atoms with Gasteiger partial charge in [-0.25, -0.2) is 4.79 Å². The van der Waals surface area contributed by atoms with Crippen molar-refractivity contribution in [2.45, 2.75) is 51.3 Å². The fourth-order valence-electron chi connectivity index (χ4n) is 2.75. The minimum atomic E-state index is -0.389. The number of ether oxygens (including phenoxy) is 1. The van der Waals surface area contributed by atoms with Gasteiger partial charge in [-0.2, -0.15) is 0 Å². The number of hydrogen-bond acceptors (Lipinski definition) is 3. The molecule has 2 rings (SSSR count). The van der Waals surface area contributed by atoms with E-state index >= 15 is 0 Å². The average molecular weight is 226 g/mol. The van der Waals surface area contributed by atoms with Crippen LogP contribution in [0.4, 0.5) is 4.79 Å². The number of likely N-dealkylation sites (tertiary alicyclic amines) is 2. The molecule has 2 aliphatic rings. The van der Waals surface area contributed by atoms with E-state index in [1.807, 2.05) is 25.7 Å². The van der Waals surface area contributed by atoms with Crippen molar-refractivity contribution >= 4 is 6.09 Å². The van der Waals surface area contributed by atoms with Gasteiger partial charge in [-0.15, -0.1) is 0 Å². The third-order valence-corrected chi connectivity index (χ3v) is 3.48. The molecule has 0 spiro atoms. The Balaban J connectivity index is 1.99. The van der Waals surface area contributed by atoms with Crippen molar-refractivity contribution in [2.24, 2.45) is 0 Å². The van der Waals surface area contributed by atoms with Gasteiger partial charge in [0.25, 0.3) is 0 Å². The first-order valence-corrected chi connectivity index (χ1v) is 6.08. The highest BCUT2D eigenvalue weighted by atomic mass is 16.6. The summed E-state index contributed by atoms with van der Waals surface area (Å²) in [5, 5.41) is 0. The summed E-state index contributed by atoms with van der Waals surface area (Å²) in [6.07, 6.45) is 2.02. The summed E-state index contributed by atoms with van der Waals surface area (Å²) in [5.41, 5.74) is -0.389. The largest absolute Gasteiger partial charge is 0.444 e. The van der Waals surface area contributed by atoms with Gasteiger partial charge in [-0.3, -0.25) is 0 Å². The molecule has 2 atom stereocenters. The summed E-state index contributed by atoms with van der Waals surface area (Å²) < 4.78 is 5.43. The SMILES string of the molecule is CN1CCC2C1CCN2C(=O)OC(C)(C)C. The van der Waals surface area contributed by atoms with Crippen LogP contribution in [0.25, 0.3) is 0 Å². The molecule has 0 saturated carbocycles. The Hall–Kier alpha value is -0.770. The molecule has 2 heterocycles. The summed E-state index contributed by atoms with van der Waals surface area (Å²) in [6, 6.07) is 0.923. The predicted octanol–water partition coefficient (Wildman–Crippen LogP) is 1.70. The second kappa shape index (κ2) is 3.91. The molecule has 4 nitrogen and oxygen atoms in total. The molecule has 0 bridgehead atoms. The van der Waals surface area contributed by atoms with Crippen LogP contribution in [-0.2, 0) is 4.74 Å². The highest BCUT2D eigenvalue weighted by molar-refractivity contribution is 5.69. The summed E-state index contributed by atoms with van der Waals surface area (Å²) in [7, 11) is 2.14. The average Bonchev–Trinajstić information content (AvgIpc) is 2.66. The second-order valence-corrected chi connectivity index (χ2v) is 5.87. The van der Waals surface area contributed by atoms with Gasteiger partial charge in [0.2, 0.25) is 0 Å². The number of fused-ring (bicyclic) bond motifs is 1. The number of likely N-dealkylation sites (N-methyl/N-ethyl adjacent to an activating group) is 1. The van der Waals surface area contributed by atoms with Gasteiger partial charge in [0, 0.05) is 19.1 Å². The van der Waals surface area contributed by atoms with Gasteiger partial charge in [-0.1, -0.05) is 0 Å². The lowest BCUT2D eigenvalue weighted by atomic mass is 10.1. The molecule has 2 saturated heterocycles. The normalized spacial score (nSPS) is 30.6. The standard InChI is InChI=1S/C12H22N2O2/c1-12(2,3)16-11(15)14-8-6-9-10(14)5-7-13(9)4/h9-10H,5-8H2,1-4H3. The molecule has 92 valence electrons. The maximum absolute atomic E-state index is 12.0. The van der Waals surface area contributed by atoms with Crippen molar-refractivity contribution in [3.8, 4) is 0 Å². The van der Waals surface area contributed by atoms with Crippen molar-refractivity contribution in [1.82, 2.24) is 9.80 Å². The third-order valence-electron chi connectivity index (χ3n) is 3.48. The molecular formula is C12H22N2O2. The van der Waals surface area contributed by atoms with E-state index in [1.165, 1.54) is 0 Å². The van der Waals surface area contributed by atoms with Crippen LogP contribution in [0, 0.1) is 0 Å². The lowest BCUT2D eigenvalue weighted by molar-refractivity contribution is 0.0224. The molecule has 1 amide bonds. The van der Waals surface area contributed by atoms with E-state index in [0.29, 0.717) is 12.1 Å². The Morgan fingerprint density at radius 1 is 1.19 bits per heavy atom. The van der Waals surface area contributed by atoms with Gasteiger partial charge in [0.15, 0.2) is 0 Å². The first-order valence-electron chi connectivity index (χ1n) is 6.08. The van der Waals surface area contributed by atoms with Crippen LogP contribution in [0.15, 0.2) is 0 Å². The minimum absolute atomic E-state index is 0.143. The van der Waals surface area contributed by atoms with E-state index in [4.69, 9.17) is 4.74 Å². The molecule has 2 aliphatic heterocycles. The van der Waals surface area contributed by atoms with Crippen LogP contribution in [0.1, 0.15) is 33.6 Å². The molecule has 0 aromatic carbocycles. The number of carbonyl (C=O) groups is 1. The number of amides is 1. The molecule has 0 radical (unpaired) electrons. The van der Waals surface area contributed by atoms with Crippen molar-refractivity contribution in [3.63, 3.8) is 0 Å². The van der Waals surface area contributed by atoms with Gasteiger partial charge < -0.3 is 14.5 Å². The van der Waals surface area contributed by atoms with Gasteiger partial charge in [0.05, 0.1) is 6.04 Å². The molecule has 0 aromatic rings. The Kier molecular flexibility index (Phi) is 2.86. The summed E-state index contributed by atoms with van der Waals surface area (Å²) in [6.45, 7) is 7.68. The number of nitrogens with zero attached hydrogens (tertiary/aromatic N) is 2. The fraction of sp³-hybridized carbons (Fsp3) is 0.917. The highest BCUT2D eigenvalue weighted by Gasteiger charge is 2.44. The zero-order valence-corrected chi connectivity index (χ0v) is 10.7. The Bertz CT molecular complexity index is 285. The van der Waals surface area contributed by atoms with E-state index in [9.17, 15) is 4.79 Å². The van der Waals surface area contributed by atoms with E-state index in [-0.39, 0.29) is 11.7 Å². The van der Waals surface area contributed by atoms with Crippen LogP contribution in [-0.4, -0.2) is 53.7 Å². The maximum atomic E-state index is 12.0. The van der Waals surface area contributed by atoms with E-state index in [2.05, 4.69) is 11.9 Å². The molecule has 2 unspecified atom stereocenters. The number of hydrogen-bond donors (Lipinski definition) is 0. The van der Waals surface area contributed by atoms with Crippen LogP contribution >= 0.6 is 0 Å². The van der Waals surface area contributed by atoms with E-state index in [1.54, 1.807) is 0 Å². The summed E-state index contributed by atoms with van der Waals surface area (Å²) >= 11 is 0. The Morgan fingerprint density at radius 2 is 1.81 bits per heavy atom. The van der Waals surface area contributed by atoms with Crippen molar-refractivity contribution in [1.29, 1.82) is 0 Å². The molecule has 0 aromatic heterocycles. The summed E-state index contributed by atoms with van der Waals surface area (Å²) in [5.74, 6) is 0. The number of rotatable bonds is 0. The molecule has 2 fully saturated rings. The monoisotopic (exact) mass is 226 g/mol. The van der Waals surface area contributed by atoms with E-state index in [0.717, 1.165) is 25.9 Å². The highest BCUT2D eigenvalue weighted by Crippen LogP contribution is 2.31. The molecule has 16 heavy (non-hydrogen) atoms. The molecule has 0 aliphatic carbocycles. The quantitative estimate of drug-likeness (QED) is 0.630. The maximum Gasteiger partial charge on any atom is 0.410 e. The van der Waals surface area contributed by atoms with Crippen LogP contribution in [0.5, 0.6) is 0 Å². The van der Waals surface area contributed by atoms with E-state index < -0.39 is 0 Å². The van der Waals surface area contributed by atoms with Crippen LogP contribution in [0.3, 0.4) is 0 Å². The predicted molar refractivity (Wildman–Crippen MR) is 62.4 cm³/mol. The smallest absolute Gasteiger partial charge is 0.410 e. The van der Waals surface area contributed by atoms with Crippen molar-refractivity contribution in [2.75, 3.05) is 20.1 Å². The lowest BCUT2D eigenvalue weighted by Crippen LogP contribution is -2.41. The topological polar surface area (TPSA) is 32.8 Å². The van der Waals surface area contributed by atoms with Crippen LogP contribution < -0.4 is 0 Å². The Morgan fingerprint density at radius 3 is 2.44 bits per heavy atom. The van der Waals surface area contributed by atoms with Crippen LogP contribution in [0.2, 0.25) is 0 Å². The van der Waals surface area contributed by atoms with Gasteiger partial charge in [0.1, 0.15) is 5.60 Å². The van der Waals surface area contributed by atoms with Crippen molar-refractivity contribution < 1.29 is 9.53 Å². The third kappa shape index (κ3) is 2.17. The first-order chi connectivity index (χ1) is 7.38. The minimum Gasteiger partial charge on any atom is -0.444 e. The molecule has 4 heteroatoms. The zero-order valence-electron chi connectivity index (χ0n) is 10.7. The fourth-order valence-corrected chi connectivity index (χ4v) is 2.75. The lowest BCUT2D eigenvalue weighted by Gasteiger charge is -2.28. The molecule has 0 N–H and O–H groups in total. The second-order valence-electron chi connectivity index (χ2n) is 5.87. The Labute approximate surface area is 97.5 Å². The van der Waals surface area contributed by atoms with Gasteiger partial charge >= 0.3 is 6.09 Å². The zero-order chi connectivity index (χ0) is 11.9. The molecular weight excluding hydrogens is 204 g/mol. The van der Waals surface area contributed by atoms with Gasteiger partial charge in [-0.05, 0) is 40.7 Å². The number of carbonyl (C=O) groups excluding carboxylic acids is 1. The first kappa shape index (κ1) is 11.7.